The molecule has 0 radical (unpaired) electrons. The van der Waals surface area contributed by atoms with Gasteiger partial charge in [-0.05, 0) is 104 Å². The number of aromatic nitrogens is 2. The molecule has 0 bridgehead atoms. The average molecular weight is 998 g/mol. The van der Waals surface area contributed by atoms with E-state index in [9.17, 15) is 23.3 Å². The average Bonchev–Trinajstić information content (AvgIpc) is 3.78. The van der Waals surface area contributed by atoms with E-state index in [-0.39, 0.29) is 46.7 Å². The highest BCUT2D eigenvalue weighted by Gasteiger charge is 2.34. The second kappa shape index (κ2) is 19.7. The summed E-state index contributed by atoms with van der Waals surface area (Å²) < 4.78 is 47.6. The summed E-state index contributed by atoms with van der Waals surface area (Å²) >= 11 is 6.26. The lowest BCUT2D eigenvalue weighted by Gasteiger charge is -2.39. The number of H-pyrrole nitrogens is 1. The van der Waals surface area contributed by atoms with Crippen molar-refractivity contribution >= 4 is 70.8 Å². The van der Waals surface area contributed by atoms with Crippen molar-refractivity contribution in [2.75, 3.05) is 76.4 Å². The quantitative estimate of drug-likeness (QED) is 0.0655. The number of halogens is 1. The van der Waals surface area contributed by atoms with Gasteiger partial charge in [-0.2, -0.15) is 0 Å². The number of fused-ring (bicyclic) bond motifs is 2. The highest BCUT2D eigenvalue weighted by molar-refractivity contribution is 8.01. The summed E-state index contributed by atoms with van der Waals surface area (Å²) in [7, 11) is -5.84. The predicted molar refractivity (Wildman–Crippen MR) is 276 cm³/mol. The summed E-state index contributed by atoms with van der Waals surface area (Å²) in [5.74, 6) is 3.80. The van der Waals surface area contributed by atoms with Gasteiger partial charge in [-0.3, -0.25) is 24.2 Å². The highest BCUT2D eigenvalue weighted by atomic mass is 35.5. The first kappa shape index (κ1) is 48.6. The van der Waals surface area contributed by atoms with Crippen LogP contribution in [-0.4, -0.2) is 122 Å². The zero-order valence-electron chi connectivity index (χ0n) is 39.7. The predicted octanol–water partition coefficient (Wildman–Crippen LogP) is 8.87. The van der Waals surface area contributed by atoms with Gasteiger partial charge in [0.05, 0.1) is 39.8 Å². The summed E-state index contributed by atoms with van der Waals surface area (Å²) in [6.07, 6.45) is 12.9. The number of piperidine rings is 1. The Kier molecular flexibility index (Phi) is 13.9. The van der Waals surface area contributed by atoms with Gasteiger partial charge in [-0.15, -0.1) is 9.41 Å². The Bertz CT molecular complexity index is 3030. The number of amides is 1. The van der Waals surface area contributed by atoms with E-state index < -0.39 is 35.2 Å². The molecule has 0 unspecified atom stereocenters. The number of piperazine rings is 1. The zero-order valence-corrected chi connectivity index (χ0v) is 42.1. The molecule has 69 heavy (non-hydrogen) atoms. The van der Waals surface area contributed by atoms with Crippen molar-refractivity contribution in [1.82, 2.24) is 24.5 Å². The first-order valence-corrected chi connectivity index (χ1v) is 28.0. The second-order valence-electron chi connectivity index (χ2n) is 20.2. The van der Waals surface area contributed by atoms with Crippen molar-refractivity contribution < 1.29 is 27.6 Å². The molecule has 15 nitrogen and oxygen atoms in total. The number of sulfonamides is 1. The van der Waals surface area contributed by atoms with Crippen LogP contribution in [0.25, 0.3) is 16.6 Å². The van der Waals surface area contributed by atoms with Crippen LogP contribution < -0.4 is 19.1 Å². The maximum absolute atomic E-state index is 14.1. The van der Waals surface area contributed by atoms with Crippen molar-refractivity contribution in [3.05, 3.63) is 117 Å². The van der Waals surface area contributed by atoms with Crippen LogP contribution in [0.2, 0.25) is 5.02 Å². The number of pyridine rings is 1. The summed E-state index contributed by atoms with van der Waals surface area (Å²) in [4.78, 5) is 40.2. The molecular formula is C51H61ClN8O7S2. The van der Waals surface area contributed by atoms with Crippen molar-refractivity contribution in [2.45, 2.75) is 63.3 Å². The van der Waals surface area contributed by atoms with E-state index in [1.165, 1.54) is 29.0 Å². The van der Waals surface area contributed by atoms with Gasteiger partial charge < -0.3 is 24.3 Å². The molecule has 0 saturated carbocycles. The van der Waals surface area contributed by atoms with E-state index in [1.807, 2.05) is 18.2 Å². The van der Waals surface area contributed by atoms with Gasteiger partial charge in [0.15, 0.2) is 0 Å². The molecule has 1 aliphatic carbocycles. The number of nitro groups is 1. The number of nitro benzene ring substituents is 1. The fourth-order valence-electron chi connectivity index (χ4n) is 10.1. The lowest BCUT2D eigenvalue weighted by molar-refractivity contribution is -0.386. The van der Waals surface area contributed by atoms with Gasteiger partial charge >= 0.3 is 0 Å². The van der Waals surface area contributed by atoms with Crippen LogP contribution >= 0.6 is 11.6 Å². The van der Waals surface area contributed by atoms with Crippen LogP contribution in [0.3, 0.4) is 0 Å². The maximum atomic E-state index is 14.1. The van der Waals surface area contributed by atoms with E-state index in [2.05, 4.69) is 73.8 Å². The summed E-state index contributed by atoms with van der Waals surface area (Å²) in [5, 5.41) is 14.0. The molecule has 3 aromatic carbocycles. The van der Waals surface area contributed by atoms with Crippen LogP contribution in [0.5, 0.6) is 17.2 Å². The van der Waals surface area contributed by atoms with Crippen molar-refractivity contribution in [3.8, 4) is 17.2 Å². The smallest absolute Gasteiger partial charge is 0.277 e. The van der Waals surface area contributed by atoms with Gasteiger partial charge in [-0.1, -0.05) is 49.0 Å². The number of carbonyl (C=O) groups excluding carboxylic acids is 1. The standard InChI is InChI=1S/C51H61ClN8O7S2/c1-51(2)16-12-37(45(29-51)35-6-8-38(52)9-7-35)32-58-20-22-59(23-21-58)40-10-11-43(48(26-40)67-41-25-36-13-17-53-49(36)54-30-41)50(61)56-69(64,65)42-27-46(60(62)63)44-24-34(33-66-47(44)28-42)31-57-18-14-39(15-19-57)55-68(3,4)5/h6-11,13,17,25-28,30,34,39H,3,12,14-16,18-24,29,31-33H2,1-2,4-5H3,(H,53,54)(H,56,61)/t34-/m0/s1. The molecule has 3 aliphatic heterocycles. The Morgan fingerprint density at radius 2 is 1.78 bits per heavy atom. The molecule has 2 N–H and O–H groups in total. The van der Waals surface area contributed by atoms with Crippen LogP contribution in [0.15, 0.2) is 94.0 Å². The van der Waals surface area contributed by atoms with Crippen molar-refractivity contribution in [1.29, 1.82) is 0 Å². The Balaban J connectivity index is 0.913. The molecule has 4 aliphatic rings. The molecular weight excluding hydrogens is 936 g/mol. The lowest BCUT2D eigenvalue weighted by atomic mass is 9.72. The maximum Gasteiger partial charge on any atom is 0.277 e. The number of anilines is 1. The molecule has 2 fully saturated rings. The van der Waals surface area contributed by atoms with Gasteiger partial charge in [0, 0.05) is 98.8 Å². The normalized spacial score (nSPS) is 19.5. The van der Waals surface area contributed by atoms with E-state index in [4.69, 9.17) is 25.4 Å². The van der Waals surface area contributed by atoms with Crippen LogP contribution in [0.4, 0.5) is 11.4 Å². The van der Waals surface area contributed by atoms with Crippen molar-refractivity contribution in [3.63, 3.8) is 0 Å². The Hall–Kier alpha value is -5.46. The topological polar surface area (TPSA) is 176 Å². The summed E-state index contributed by atoms with van der Waals surface area (Å²) in [6.45, 7) is 11.3. The number of rotatable bonds is 13. The minimum absolute atomic E-state index is 0.0267. The Morgan fingerprint density at radius 3 is 2.51 bits per heavy atom. The lowest BCUT2D eigenvalue weighted by Crippen LogP contribution is -2.47. The SMILES string of the molecule is C=S(C)(C)=NC1CCN(C[C@H]2COc3cc(S(=O)(=O)NC(=O)c4ccc(N5CCN(CC6=C(c7ccc(Cl)cc7)CC(C)(C)CC6)CC5)cc4Oc4cnc5[nH]ccc5c4)cc([N+](=O)[O-])c3C2)CC1. The summed E-state index contributed by atoms with van der Waals surface area (Å²) in [6, 6.07) is 19.5. The van der Waals surface area contributed by atoms with E-state index >= 15 is 0 Å². The van der Waals surface area contributed by atoms with Gasteiger partial charge in [0.1, 0.15) is 22.9 Å². The molecule has 5 aromatic rings. The third-order valence-corrected chi connectivity index (χ3v) is 16.1. The Labute approximate surface area is 410 Å². The van der Waals surface area contributed by atoms with Crippen molar-refractivity contribution in [2.24, 2.45) is 15.7 Å². The van der Waals surface area contributed by atoms with E-state index in [0.717, 1.165) is 100 Å². The number of nitrogens with one attached hydrogen (secondary N) is 2. The number of hydrogen-bond donors (Lipinski definition) is 2. The van der Waals surface area contributed by atoms with Crippen LogP contribution in [-0.2, 0) is 25.9 Å². The minimum Gasteiger partial charge on any atom is -0.493 e. The molecule has 2 aromatic heterocycles. The monoisotopic (exact) mass is 996 g/mol. The number of likely N-dealkylation sites (tertiary alicyclic amines) is 1. The van der Waals surface area contributed by atoms with E-state index in [0.29, 0.717) is 29.9 Å². The second-order valence-corrected chi connectivity index (χ2v) is 25.5. The third kappa shape index (κ3) is 11.6. The van der Waals surface area contributed by atoms with E-state index in [1.54, 1.807) is 30.5 Å². The largest absolute Gasteiger partial charge is 0.493 e. The molecule has 9 rings (SSSR count). The van der Waals surface area contributed by atoms with Gasteiger partial charge in [-0.25, -0.2) is 18.1 Å². The fourth-order valence-corrected chi connectivity index (χ4v) is 12.3. The number of allylic oxidation sites excluding steroid dienone is 1. The fraction of sp³-hybridized carbons (Fsp3) is 0.431. The Morgan fingerprint density at radius 1 is 1.03 bits per heavy atom. The third-order valence-electron chi connectivity index (χ3n) is 13.7. The first-order chi connectivity index (χ1) is 32.8. The molecule has 5 heterocycles. The number of benzene rings is 3. The van der Waals surface area contributed by atoms with Crippen LogP contribution in [0, 0.1) is 21.4 Å². The molecule has 2 saturated heterocycles. The number of hydrogen-bond acceptors (Lipinski definition) is 12. The molecule has 1 atom stereocenters. The highest BCUT2D eigenvalue weighted by Crippen LogP contribution is 2.44. The van der Waals surface area contributed by atoms with Crippen LogP contribution in [0.1, 0.15) is 67.4 Å². The summed E-state index contributed by atoms with van der Waals surface area (Å²) in [5.41, 5.74) is 5.71. The van der Waals surface area contributed by atoms with Gasteiger partial charge in [0.25, 0.3) is 21.6 Å². The molecule has 366 valence electrons. The first-order valence-electron chi connectivity index (χ1n) is 23.6. The van der Waals surface area contributed by atoms with Gasteiger partial charge in [0.2, 0.25) is 0 Å². The number of nitrogens with zero attached hydrogens (tertiary/aromatic N) is 6. The number of carbonyl (C=O) groups is 1. The molecule has 1 amide bonds. The molecule has 18 heteroatoms. The zero-order chi connectivity index (χ0) is 48.7. The minimum atomic E-state index is -4.64. The molecule has 0 spiro atoms. The number of ether oxygens (including phenoxy) is 2. The number of aromatic amines is 1.